The third-order valence-electron chi connectivity index (χ3n) is 3.86. The van der Waals surface area contributed by atoms with Crippen LogP contribution in [0.2, 0.25) is 0 Å². The maximum atomic E-state index is 11.9. The van der Waals surface area contributed by atoms with Crippen molar-refractivity contribution in [2.75, 3.05) is 18.1 Å². The maximum Gasteiger partial charge on any atom is 0.313 e. The summed E-state index contributed by atoms with van der Waals surface area (Å²) in [5.74, 6) is 1.78. The van der Waals surface area contributed by atoms with E-state index < -0.39 is 5.97 Å². The van der Waals surface area contributed by atoms with Gasteiger partial charge in [-0.1, -0.05) is 13.8 Å². The van der Waals surface area contributed by atoms with E-state index in [9.17, 15) is 9.59 Å². The first-order valence-corrected chi connectivity index (χ1v) is 8.23. The van der Waals surface area contributed by atoms with Crippen LogP contribution in [0.4, 0.5) is 0 Å². The molecule has 0 saturated heterocycles. The van der Waals surface area contributed by atoms with Gasteiger partial charge < -0.3 is 10.4 Å². The fourth-order valence-corrected chi connectivity index (χ4v) is 3.16. The average Bonchev–Trinajstić information content (AvgIpc) is 2.37. The number of carbonyl (C=O) groups is 2. The van der Waals surface area contributed by atoms with Gasteiger partial charge in [-0.15, -0.1) is 11.8 Å². The second kappa shape index (κ2) is 8.46. The zero-order chi connectivity index (χ0) is 14.3. The Labute approximate surface area is 119 Å². The summed E-state index contributed by atoms with van der Waals surface area (Å²) in [4.78, 5) is 22.3. The molecule has 19 heavy (non-hydrogen) atoms. The largest absolute Gasteiger partial charge is 0.481 e. The van der Waals surface area contributed by atoms with Gasteiger partial charge in [0.05, 0.1) is 5.75 Å². The molecule has 1 aliphatic rings. The molecule has 0 aromatic carbocycles. The zero-order valence-electron chi connectivity index (χ0n) is 11.9. The van der Waals surface area contributed by atoms with Crippen LogP contribution in [0, 0.1) is 17.8 Å². The Morgan fingerprint density at radius 3 is 2.42 bits per heavy atom. The molecule has 0 aliphatic heterocycles. The van der Waals surface area contributed by atoms with Crippen LogP contribution in [-0.2, 0) is 9.59 Å². The van der Waals surface area contributed by atoms with Crippen molar-refractivity contribution in [3.63, 3.8) is 0 Å². The topological polar surface area (TPSA) is 66.4 Å². The molecular weight excluding hydrogens is 262 g/mol. The average molecular weight is 287 g/mol. The van der Waals surface area contributed by atoms with Crippen LogP contribution >= 0.6 is 11.8 Å². The molecule has 1 aliphatic carbocycles. The predicted octanol–water partition coefficient (Wildman–Crippen LogP) is 2.38. The quantitative estimate of drug-likeness (QED) is 0.706. The third kappa shape index (κ3) is 6.32. The fraction of sp³-hybridized carbons (Fsp3) is 0.857. The zero-order valence-corrected chi connectivity index (χ0v) is 12.7. The normalized spacial score (nSPS) is 23.3. The summed E-state index contributed by atoms with van der Waals surface area (Å²) in [6.45, 7) is 5.08. The lowest BCUT2D eigenvalue weighted by Gasteiger charge is -2.30. The number of carboxylic acids is 1. The number of amides is 1. The van der Waals surface area contributed by atoms with Crippen LogP contribution in [-0.4, -0.2) is 35.0 Å². The van der Waals surface area contributed by atoms with Crippen LogP contribution in [0.15, 0.2) is 0 Å². The van der Waals surface area contributed by atoms with Crippen molar-refractivity contribution in [1.82, 2.24) is 5.32 Å². The third-order valence-corrected chi connectivity index (χ3v) is 4.80. The van der Waals surface area contributed by atoms with E-state index >= 15 is 0 Å². The van der Waals surface area contributed by atoms with Crippen LogP contribution in [0.3, 0.4) is 0 Å². The Balaban J connectivity index is 2.12. The highest BCUT2D eigenvalue weighted by Gasteiger charge is 2.27. The van der Waals surface area contributed by atoms with Gasteiger partial charge >= 0.3 is 5.97 Å². The molecule has 1 saturated carbocycles. The van der Waals surface area contributed by atoms with Crippen molar-refractivity contribution in [2.24, 2.45) is 17.8 Å². The van der Waals surface area contributed by atoms with E-state index in [1.807, 2.05) is 0 Å². The summed E-state index contributed by atoms with van der Waals surface area (Å²) in [6.07, 6.45) is 4.31. The van der Waals surface area contributed by atoms with Gasteiger partial charge in [-0.05, 0) is 37.5 Å². The van der Waals surface area contributed by atoms with Crippen molar-refractivity contribution in [2.45, 2.75) is 39.5 Å². The molecular formula is C14H25NO3S. The summed E-state index contributed by atoms with van der Waals surface area (Å²) in [5.41, 5.74) is 0. The Morgan fingerprint density at radius 1 is 1.26 bits per heavy atom. The van der Waals surface area contributed by atoms with Crippen LogP contribution < -0.4 is 5.32 Å². The number of hydrogen-bond donors (Lipinski definition) is 2. The van der Waals surface area contributed by atoms with Crippen molar-refractivity contribution in [1.29, 1.82) is 0 Å². The number of carbonyl (C=O) groups excluding carboxylic acids is 1. The summed E-state index contributed by atoms with van der Waals surface area (Å²) in [5, 5.41) is 11.4. The first kappa shape index (κ1) is 16.3. The molecule has 0 radical (unpaired) electrons. The number of rotatable bonds is 7. The highest BCUT2D eigenvalue weighted by atomic mass is 32.2. The van der Waals surface area contributed by atoms with Crippen LogP contribution in [0.1, 0.15) is 39.5 Å². The number of aliphatic carboxylic acids is 1. The molecule has 1 fully saturated rings. The smallest absolute Gasteiger partial charge is 0.313 e. The second-order valence-corrected chi connectivity index (χ2v) is 6.70. The maximum absolute atomic E-state index is 11.9. The van der Waals surface area contributed by atoms with E-state index in [0.29, 0.717) is 12.3 Å². The molecule has 1 rings (SSSR count). The van der Waals surface area contributed by atoms with Crippen molar-refractivity contribution in [3.8, 4) is 0 Å². The van der Waals surface area contributed by atoms with Gasteiger partial charge in [-0.3, -0.25) is 9.59 Å². The lowest BCUT2D eigenvalue weighted by atomic mass is 9.77. The summed E-state index contributed by atoms with van der Waals surface area (Å²) in [7, 11) is 0. The first-order chi connectivity index (χ1) is 9.00. The van der Waals surface area contributed by atoms with Gasteiger partial charge in [0.2, 0.25) is 5.91 Å². The van der Waals surface area contributed by atoms with Crippen LogP contribution in [0.5, 0.6) is 0 Å². The summed E-state index contributed by atoms with van der Waals surface area (Å²) < 4.78 is 0. The van der Waals surface area contributed by atoms with Crippen molar-refractivity contribution in [3.05, 3.63) is 0 Å². The molecule has 0 atom stereocenters. The molecule has 0 unspecified atom stereocenters. The van der Waals surface area contributed by atoms with E-state index in [2.05, 4.69) is 19.2 Å². The summed E-state index contributed by atoms with van der Waals surface area (Å²) in [6, 6.07) is 0. The predicted molar refractivity (Wildman–Crippen MR) is 78.3 cm³/mol. The lowest BCUT2D eigenvalue weighted by Crippen LogP contribution is -2.35. The Morgan fingerprint density at radius 2 is 1.89 bits per heavy atom. The lowest BCUT2D eigenvalue weighted by molar-refractivity contribution is -0.134. The molecule has 0 aromatic rings. The molecule has 1 amide bonds. The Bertz CT molecular complexity index is 299. The number of nitrogens with one attached hydrogen (secondary N) is 1. The molecule has 0 aromatic heterocycles. The monoisotopic (exact) mass is 287 g/mol. The first-order valence-electron chi connectivity index (χ1n) is 7.08. The summed E-state index contributed by atoms with van der Waals surface area (Å²) >= 11 is 1.34. The van der Waals surface area contributed by atoms with E-state index in [-0.39, 0.29) is 17.6 Å². The van der Waals surface area contributed by atoms with Gasteiger partial charge in [0.15, 0.2) is 0 Å². The standard InChI is InChI=1S/C14H25NO3S/c1-10(2)11-3-5-12(6-4-11)14(18)15-7-8-19-9-13(16)17/h10-12H,3-9H2,1-2H3,(H,15,18)(H,16,17). The van der Waals surface area contributed by atoms with Gasteiger partial charge in [0, 0.05) is 18.2 Å². The molecule has 4 nitrogen and oxygen atoms in total. The molecule has 5 heteroatoms. The minimum absolute atomic E-state index is 0.107. The second-order valence-electron chi connectivity index (χ2n) is 5.59. The highest BCUT2D eigenvalue weighted by Crippen LogP contribution is 2.33. The number of hydrogen-bond acceptors (Lipinski definition) is 3. The van der Waals surface area contributed by atoms with Crippen molar-refractivity contribution < 1.29 is 14.7 Å². The molecule has 0 spiro atoms. The minimum atomic E-state index is -0.802. The van der Waals surface area contributed by atoms with E-state index in [1.165, 1.54) is 11.8 Å². The van der Waals surface area contributed by atoms with E-state index in [1.54, 1.807) is 0 Å². The number of thioether (sulfide) groups is 1. The van der Waals surface area contributed by atoms with Crippen LogP contribution in [0.25, 0.3) is 0 Å². The molecule has 0 heterocycles. The molecule has 110 valence electrons. The van der Waals surface area contributed by atoms with Gasteiger partial charge in [0.1, 0.15) is 0 Å². The Kier molecular flexibility index (Phi) is 7.28. The minimum Gasteiger partial charge on any atom is -0.481 e. The van der Waals surface area contributed by atoms with Gasteiger partial charge in [0.25, 0.3) is 0 Å². The van der Waals surface area contributed by atoms with E-state index in [4.69, 9.17) is 5.11 Å². The molecule has 0 bridgehead atoms. The highest BCUT2D eigenvalue weighted by molar-refractivity contribution is 7.99. The molecule has 2 N–H and O–H groups in total. The van der Waals surface area contributed by atoms with Gasteiger partial charge in [-0.2, -0.15) is 0 Å². The number of carboxylic acid groups (broad SMARTS) is 1. The SMILES string of the molecule is CC(C)C1CCC(C(=O)NCCSCC(=O)O)CC1. The van der Waals surface area contributed by atoms with Gasteiger partial charge in [-0.25, -0.2) is 0 Å². The van der Waals surface area contributed by atoms with E-state index in [0.717, 1.165) is 37.5 Å². The van der Waals surface area contributed by atoms with Crippen molar-refractivity contribution >= 4 is 23.6 Å². The Hall–Kier alpha value is -0.710. The fourth-order valence-electron chi connectivity index (χ4n) is 2.60.